The molecule has 0 aliphatic carbocycles. The van der Waals surface area contributed by atoms with E-state index in [0.29, 0.717) is 6.04 Å². The normalized spacial score (nSPS) is 29.0. The monoisotopic (exact) mass is 282 g/mol. The maximum atomic E-state index is 4.72. The molecule has 3 atom stereocenters. The predicted octanol–water partition coefficient (Wildman–Crippen LogP) is 2.98. The molecule has 0 aromatic carbocycles. The fourth-order valence-electron chi connectivity index (χ4n) is 4.03. The van der Waals surface area contributed by atoms with Crippen molar-refractivity contribution in [2.75, 3.05) is 12.4 Å². The molecule has 2 aromatic heterocycles. The first kappa shape index (κ1) is 13.0. The highest BCUT2D eigenvalue weighted by Gasteiger charge is 2.38. The lowest BCUT2D eigenvalue weighted by atomic mass is 9.98. The molecule has 2 aliphatic heterocycles. The Morgan fingerprint density at radius 3 is 2.76 bits per heavy atom. The van der Waals surface area contributed by atoms with E-state index in [9.17, 15) is 0 Å². The van der Waals surface area contributed by atoms with Gasteiger partial charge in [0.25, 0.3) is 0 Å². The highest BCUT2D eigenvalue weighted by atomic mass is 15.2. The van der Waals surface area contributed by atoms with Crippen LogP contribution in [0.4, 0.5) is 5.82 Å². The standard InChI is InChI=1S/C17H22N4/c1-11-8-16-15(4-3-7-18-16)17(19-11)20-12-9-13-5-6-14(10-12)21(13)2/h3-4,7-8,12-14H,5-6,9-10H2,1-2H3,(H,19,20)/t12-,13-,14+. The van der Waals surface area contributed by atoms with Gasteiger partial charge in [0.1, 0.15) is 5.82 Å². The molecule has 0 saturated carbocycles. The molecule has 21 heavy (non-hydrogen) atoms. The Hall–Kier alpha value is -1.68. The molecule has 0 radical (unpaired) electrons. The van der Waals surface area contributed by atoms with Crippen molar-refractivity contribution in [3.05, 3.63) is 30.1 Å². The van der Waals surface area contributed by atoms with Crippen molar-refractivity contribution in [3.63, 3.8) is 0 Å². The van der Waals surface area contributed by atoms with Gasteiger partial charge in [-0.25, -0.2) is 4.98 Å². The molecule has 2 aliphatic rings. The third kappa shape index (κ3) is 2.27. The highest BCUT2D eigenvalue weighted by Crippen LogP contribution is 2.35. The number of hydrogen-bond donors (Lipinski definition) is 1. The lowest BCUT2D eigenvalue weighted by Crippen LogP contribution is -2.44. The molecule has 0 amide bonds. The number of rotatable bonds is 2. The van der Waals surface area contributed by atoms with Crippen LogP contribution in [-0.2, 0) is 0 Å². The summed E-state index contributed by atoms with van der Waals surface area (Å²) in [4.78, 5) is 11.8. The number of pyridine rings is 2. The van der Waals surface area contributed by atoms with Gasteiger partial charge in [0.15, 0.2) is 0 Å². The van der Waals surface area contributed by atoms with Crippen molar-refractivity contribution < 1.29 is 0 Å². The molecule has 2 bridgehead atoms. The molecule has 2 saturated heterocycles. The molecule has 2 aromatic rings. The van der Waals surface area contributed by atoms with Crippen LogP contribution < -0.4 is 5.32 Å². The maximum Gasteiger partial charge on any atom is 0.135 e. The molecule has 110 valence electrons. The van der Waals surface area contributed by atoms with Crippen molar-refractivity contribution in [1.82, 2.24) is 14.9 Å². The van der Waals surface area contributed by atoms with E-state index >= 15 is 0 Å². The first-order chi connectivity index (χ1) is 10.2. The van der Waals surface area contributed by atoms with E-state index in [1.807, 2.05) is 19.2 Å². The summed E-state index contributed by atoms with van der Waals surface area (Å²) in [5, 5.41) is 4.84. The summed E-state index contributed by atoms with van der Waals surface area (Å²) in [6.45, 7) is 2.04. The fraction of sp³-hybridized carbons (Fsp3) is 0.529. The summed E-state index contributed by atoms with van der Waals surface area (Å²) in [6, 6.07) is 8.19. The quantitative estimate of drug-likeness (QED) is 0.919. The minimum atomic E-state index is 0.538. The lowest BCUT2D eigenvalue weighted by molar-refractivity contribution is 0.169. The van der Waals surface area contributed by atoms with Gasteiger partial charge in [-0.2, -0.15) is 0 Å². The maximum absolute atomic E-state index is 4.72. The second-order valence-corrected chi connectivity index (χ2v) is 6.55. The third-order valence-electron chi connectivity index (χ3n) is 5.17. The number of anilines is 1. The number of aromatic nitrogens is 2. The van der Waals surface area contributed by atoms with Crippen LogP contribution in [0.25, 0.3) is 10.9 Å². The summed E-state index contributed by atoms with van der Waals surface area (Å²) in [7, 11) is 2.28. The molecule has 0 unspecified atom stereocenters. The second kappa shape index (κ2) is 4.95. The Kier molecular flexibility index (Phi) is 3.07. The number of aryl methyl sites for hydroxylation is 1. The van der Waals surface area contributed by atoms with Crippen LogP contribution in [-0.4, -0.2) is 40.0 Å². The third-order valence-corrected chi connectivity index (χ3v) is 5.17. The van der Waals surface area contributed by atoms with Gasteiger partial charge in [0, 0.05) is 35.4 Å². The summed E-state index contributed by atoms with van der Waals surface area (Å²) in [6.07, 6.45) is 7.00. The van der Waals surface area contributed by atoms with E-state index in [-0.39, 0.29) is 0 Å². The second-order valence-electron chi connectivity index (χ2n) is 6.55. The van der Waals surface area contributed by atoms with Crippen molar-refractivity contribution in [2.45, 2.75) is 50.7 Å². The molecule has 4 nitrogen and oxygen atoms in total. The Bertz CT molecular complexity index is 655. The first-order valence-corrected chi connectivity index (χ1v) is 7.91. The summed E-state index contributed by atoms with van der Waals surface area (Å²) in [5.41, 5.74) is 2.06. The highest BCUT2D eigenvalue weighted by molar-refractivity contribution is 5.89. The lowest BCUT2D eigenvalue weighted by Gasteiger charge is -2.37. The minimum absolute atomic E-state index is 0.538. The molecule has 1 N–H and O–H groups in total. The smallest absolute Gasteiger partial charge is 0.135 e. The SMILES string of the molecule is Cc1cc2ncccc2c(N[C@@H]2C[C@H]3CC[C@@H](C2)N3C)n1. The van der Waals surface area contributed by atoms with E-state index in [1.165, 1.54) is 25.7 Å². The summed E-state index contributed by atoms with van der Waals surface area (Å²) >= 11 is 0. The molecular weight excluding hydrogens is 260 g/mol. The zero-order chi connectivity index (χ0) is 14.4. The van der Waals surface area contributed by atoms with E-state index in [4.69, 9.17) is 4.98 Å². The Morgan fingerprint density at radius 1 is 1.24 bits per heavy atom. The average Bonchev–Trinajstić information content (AvgIpc) is 2.70. The number of fused-ring (bicyclic) bond motifs is 3. The van der Waals surface area contributed by atoms with Gasteiger partial charge in [0.2, 0.25) is 0 Å². The van der Waals surface area contributed by atoms with E-state index in [1.54, 1.807) is 0 Å². The van der Waals surface area contributed by atoms with Crippen molar-refractivity contribution in [2.24, 2.45) is 0 Å². The Balaban J connectivity index is 1.63. The van der Waals surface area contributed by atoms with Crippen LogP contribution in [0.1, 0.15) is 31.4 Å². The average molecular weight is 282 g/mol. The van der Waals surface area contributed by atoms with E-state index < -0.39 is 0 Å². The van der Waals surface area contributed by atoms with Crippen LogP contribution in [0.2, 0.25) is 0 Å². The van der Waals surface area contributed by atoms with Gasteiger partial charge in [-0.05, 0) is 57.9 Å². The molecular formula is C17H22N4. The number of nitrogens with zero attached hydrogens (tertiary/aromatic N) is 3. The van der Waals surface area contributed by atoms with Crippen LogP contribution in [0.15, 0.2) is 24.4 Å². The number of hydrogen-bond acceptors (Lipinski definition) is 4. The molecule has 2 fully saturated rings. The number of piperidine rings is 1. The van der Waals surface area contributed by atoms with Gasteiger partial charge in [-0.15, -0.1) is 0 Å². The van der Waals surface area contributed by atoms with Crippen molar-refractivity contribution in [3.8, 4) is 0 Å². The molecule has 4 rings (SSSR count). The van der Waals surface area contributed by atoms with Crippen molar-refractivity contribution in [1.29, 1.82) is 0 Å². The van der Waals surface area contributed by atoms with Gasteiger partial charge in [0.05, 0.1) is 5.52 Å². The zero-order valence-electron chi connectivity index (χ0n) is 12.7. The number of nitrogens with one attached hydrogen (secondary N) is 1. The van der Waals surface area contributed by atoms with Gasteiger partial charge >= 0.3 is 0 Å². The van der Waals surface area contributed by atoms with E-state index in [2.05, 4.69) is 34.4 Å². The van der Waals surface area contributed by atoms with Crippen LogP contribution in [0.5, 0.6) is 0 Å². The van der Waals surface area contributed by atoms with Crippen LogP contribution >= 0.6 is 0 Å². The van der Waals surface area contributed by atoms with Crippen LogP contribution in [0, 0.1) is 6.92 Å². The zero-order valence-corrected chi connectivity index (χ0v) is 12.7. The van der Waals surface area contributed by atoms with Crippen LogP contribution in [0.3, 0.4) is 0 Å². The predicted molar refractivity (Wildman–Crippen MR) is 85.5 cm³/mol. The van der Waals surface area contributed by atoms with Gasteiger partial charge < -0.3 is 10.2 Å². The Labute approximate surface area is 125 Å². The topological polar surface area (TPSA) is 41.1 Å². The first-order valence-electron chi connectivity index (χ1n) is 7.91. The van der Waals surface area contributed by atoms with Gasteiger partial charge in [-0.3, -0.25) is 4.98 Å². The fourth-order valence-corrected chi connectivity index (χ4v) is 4.03. The molecule has 4 heterocycles. The Morgan fingerprint density at radius 2 is 2.00 bits per heavy atom. The minimum Gasteiger partial charge on any atom is -0.367 e. The summed E-state index contributed by atoms with van der Waals surface area (Å²) in [5.74, 6) is 1.01. The summed E-state index contributed by atoms with van der Waals surface area (Å²) < 4.78 is 0. The molecule has 4 heteroatoms. The van der Waals surface area contributed by atoms with Gasteiger partial charge in [-0.1, -0.05) is 0 Å². The van der Waals surface area contributed by atoms with E-state index in [0.717, 1.165) is 34.5 Å². The largest absolute Gasteiger partial charge is 0.367 e. The van der Waals surface area contributed by atoms with Crippen molar-refractivity contribution >= 4 is 16.7 Å². The molecule has 0 spiro atoms.